The molecule has 7 heteroatoms. The van der Waals surface area contributed by atoms with Crippen LogP contribution in [0.1, 0.15) is 28.5 Å². The molecule has 1 N–H and O–H groups in total. The number of rotatable bonds is 6. The summed E-state index contributed by atoms with van der Waals surface area (Å²) in [4.78, 5) is 25.0. The van der Waals surface area contributed by atoms with Crippen LogP contribution in [0.3, 0.4) is 0 Å². The van der Waals surface area contributed by atoms with Gasteiger partial charge in [0.25, 0.3) is 5.56 Å². The average molecular weight is 398 g/mol. The van der Waals surface area contributed by atoms with Gasteiger partial charge < -0.3 is 10.1 Å². The van der Waals surface area contributed by atoms with Crippen LogP contribution < -0.4 is 10.9 Å². The summed E-state index contributed by atoms with van der Waals surface area (Å²) in [5.74, 6) is -0.595. The molecule has 3 rings (SSSR count). The van der Waals surface area contributed by atoms with E-state index >= 15 is 0 Å². The van der Waals surface area contributed by atoms with Crippen LogP contribution >= 0.6 is 11.6 Å². The van der Waals surface area contributed by atoms with E-state index in [4.69, 9.17) is 16.3 Å². The highest BCUT2D eigenvalue weighted by molar-refractivity contribution is 6.30. The van der Waals surface area contributed by atoms with Gasteiger partial charge in [-0.15, -0.1) is 0 Å². The fourth-order valence-corrected chi connectivity index (χ4v) is 2.74. The van der Waals surface area contributed by atoms with E-state index in [9.17, 15) is 9.59 Å². The van der Waals surface area contributed by atoms with Gasteiger partial charge in [-0.2, -0.15) is 9.78 Å². The number of nitrogens with zero attached hydrogens (tertiary/aromatic N) is 2. The van der Waals surface area contributed by atoms with Crippen LogP contribution in [0.25, 0.3) is 5.69 Å². The Hall–Kier alpha value is -3.12. The van der Waals surface area contributed by atoms with Crippen LogP contribution in [0.4, 0.5) is 5.69 Å². The number of carbonyl (C=O) groups is 1. The molecule has 0 aliphatic heterocycles. The molecule has 0 aliphatic carbocycles. The van der Waals surface area contributed by atoms with E-state index in [0.717, 1.165) is 11.1 Å². The Balaban J connectivity index is 1.97. The topological polar surface area (TPSA) is 73.2 Å². The number of aromatic nitrogens is 2. The van der Waals surface area contributed by atoms with E-state index in [-0.39, 0.29) is 17.9 Å². The molecule has 0 saturated heterocycles. The lowest BCUT2D eigenvalue weighted by molar-refractivity contribution is 0.0518. The minimum atomic E-state index is -0.595. The van der Waals surface area contributed by atoms with E-state index < -0.39 is 5.97 Å². The number of esters is 1. The highest BCUT2D eigenvalue weighted by Crippen LogP contribution is 2.16. The van der Waals surface area contributed by atoms with Gasteiger partial charge in [0.05, 0.1) is 18.0 Å². The van der Waals surface area contributed by atoms with E-state index in [1.807, 2.05) is 31.2 Å². The number of ether oxygens (including phenoxy) is 1. The summed E-state index contributed by atoms with van der Waals surface area (Å²) < 4.78 is 6.31. The third-order valence-corrected chi connectivity index (χ3v) is 4.33. The molecule has 144 valence electrons. The van der Waals surface area contributed by atoms with Crippen molar-refractivity contribution in [3.63, 3.8) is 0 Å². The van der Waals surface area contributed by atoms with Gasteiger partial charge in [-0.3, -0.25) is 4.79 Å². The molecule has 0 unspecified atom stereocenters. The second-order valence-electron chi connectivity index (χ2n) is 6.19. The summed E-state index contributed by atoms with van der Waals surface area (Å²) in [6, 6.07) is 15.9. The monoisotopic (exact) mass is 397 g/mol. The van der Waals surface area contributed by atoms with Gasteiger partial charge in [0.1, 0.15) is 0 Å². The van der Waals surface area contributed by atoms with Crippen molar-refractivity contribution in [2.45, 2.75) is 20.4 Å². The zero-order chi connectivity index (χ0) is 20.1. The van der Waals surface area contributed by atoms with Crippen LogP contribution in [0.15, 0.2) is 59.4 Å². The summed E-state index contributed by atoms with van der Waals surface area (Å²) in [6.45, 7) is 4.28. The fraction of sp³-hybridized carbons (Fsp3) is 0.190. The highest BCUT2D eigenvalue weighted by atomic mass is 35.5. The van der Waals surface area contributed by atoms with Crippen molar-refractivity contribution in [2.24, 2.45) is 0 Å². The van der Waals surface area contributed by atoms with Crippen molar-refractivity contribution in [3.8, 4) is 5.69 Å². The van der Waals surface area contributed by atoms with Gasteiger partial charge in [0.2, 0.25) is 0 Å². The van der Waals surface area contributed by atoms with Gasteiger partial charge in [0.15, 0.2) is 5.69 Å². The minimum absolute atomic E-state index is 0.0518. The first-order valence-corrected chi connectivity index (χ1v) is 9.22. The van der Waals surface area contributed by atoms with Crippen LogP contribution in [-0.2, 0) is 11.3 Å². The predicted molar refractivity (Wildman–Crippen MR) is 109 cm³/mol. The summed E-state index contributed by atoms with van der Waals surface area (Å²) in [5, 5.41) is 8.00. The Morgan fingerprint density at radius 1 is 1.14 bits per heavy atom. The summed E-state index contributed by atoms with van der Waals surface area (Å²) in [7, 11) is 0. The normalized spacial score (nSPS) is 10.5. The van der Waals surface area contributed by atoms with Gasteiger partial charge in [-0.05, 0) is 43.7 Å². The average Bonchev–Trinajstić information content (AvgIpc) is 2.68. The molecule has 0 spiro atoms. The summed E-state index contributed by atoms with van der Waals surface area (Å²) in [5.41, 5.74) is 2.60. The minimum Gasteiger partial charge on any atom is -0.461 e. The quantitative estimate of drug-likeness (QED) is 0.637. The van der Waals surface area contributed by atoms with Crippen LogP contribution in [0.2, 0.25) is 5.02 Å². The lowest BCUT2D eigenvalue weighted by Crippen LogP contribution is -2.25. The molecule has 1 aromatic heterocycles. The first-order valence-electron chi connectivity index (χ1n) is 8.85. The molecular formula is C21H20ClN3O3. The third kappa shape index (κ3) is 4.58. The molecule has 28 heavy (non-hydrogen) atoms. The predicted octanol–water partition coefficient (Wildman–Crippen LogP) is 3.98. The van der Waals surface area contributed by atoms with Crippen molar-refractivity contribution in [3.05, 3.63) is 86.8 Å². The van der Waals surface area contributed by atoms with E-state index in [1.54, 1.807) is 31.2 Å². The van der Waals surface area contributed by atoms with Crippen molar-refractivity contribution in [1.29, 1.82) is 0 Å². The fourth-order valence-electron chi connectivity index (χ4n) is 2.61. The third-order valence-electron chi connectivity index (χ3n) is 4.08. The number of hydrogen-bond donors (Lipinski definition) is 1. The van der Waals surface area contributed by atoms with Crippen LogP contribution in [0, 0.1) is 6.92 Å². The Morgan fingerprint density at radius 3 is 2.46 bits per heavy atom. The molecule has 2 aromatic carbocycles. The number of anilines is 1. The molecule has 0 bridgehead atoms. The maximum absolute atomic E-state index is 12.6. The van der Waals surface area contributed by atoms with Gasteiger partial charge in [-0.1, -0.05) is 41.4 Å². The highest BCUT2D eigenvalue weighted by Gasteiger charge is 2.18. The van der Waals surface area contributed by atoms with Crippen LogP contribution in [-0.4, -0.2) is 22.4 Å². The molecular weight excluding hydrogens is 378 g/mol. The van der Waals surface area contributed by atoms with E-state index in [2.05, 4.69) is 10.4 Å². The Kier molecular flexibility index (Phi) is 6.11. The lowest BCUT2D eigenvalue weighted by Gasteiger charge is -2.13. The molecule has 0 saturated carbocycles. The zero-order valence-electron chi connectivity index (χ0n) is 15.6. The molecule has 1 heterocycles. The largest absolute Gasteiger partial charge is 0.461 e. The van der Waals surface area contributed by atoms with Crippen LogP contribution in [0.5, 0.6) is 0 Å². The van der Waals surface area contributed by atoms with Gasteiger partial charge in [0, 0.05) is 17.6 Å². The summed E-state index contributed by atoms with van der Waals surface area (Å²) in [6.07, 6.45) is 0. The molecule has 6 nitrogen and oxygen atoms in total. The van der Waals surface area contributed by atoms with Crippen molar-refractivity contribution >= 4 is 23.3 Å². The van der Waals surface area contributed by atoms with E-state index in [1.165, 1.54) is 10.7 Å². The molecule has 3 aromatic rings. The zero-order valence-corrected chi connectivity index (χ0v) is 16.4. The number of halogens is 1. The van der Waals surface area contributed by atoms with Crippen molar-refractivity contribution < 1.29 is 9.53 Å². The number of benzene rings is 2. The lowest BCUT2D eigenvalue weighted by atomic mass is 10.2. The smallest absolute Gasteiger partial charge is 0.360 e. The first kappa shape index (κ1) is 19.6. The molecule has 0 atom stereocenters. The number of nitrogens with one attached hydrogen (secondary N) is 1. The maximum atomic E-state index is 12.6. The molecule has 0 fully saturated rings. The Morgan fingerprint density at radius 2 is 1.82 bits per heavy atom. The second-order valence-corrected chi connectivity index (χ2v) is 6.63. The Labute approximate surface area is 167 Å². The van der Waals surface area contributed by atoms with Gasteiger partial charge in [-0.25, -0.2) is 4.79 Å². The second kappa shape index (κ2) is 8.71. The SMILES string of the molecule is CCOC(=O)c1nn(-c2ccc(C)cc2)c(=O)cc1NCc1ccc(Cl)cc1. The number of aryl methyl sites for hydroxylation is 1. The maximum Gasteiger partial charge on any atom is 0.360 e. The molecule has 0 radical (unpaired) electrons. The standard InChI is InChI=1S/C21H20ClN3O3/c1-3-28-21(27)20-18(23-13-15-6-8-16(22)9-7-15)12-19(26)25(24-20)17-10-4-14(2)5-11-17/h4-12,23H,3,13H2,1-2H3. The summed E-state index contributed by atoms with van der Waals surface area (Å²) >= 11 is 5.90. The van der Waals surface area contributed by atoms with Crippen molar-refractivity contribution in [2.75, 3.05) is 11.9 Å². The van der Waals surface area contributed by atoms with Gasteiger partial charge >= 0.3 is 5.97 Å². The number of carbonyl (C=O) groups excluding carboxylic acids is 1. The molecule has 0 amide bonds. The van der Waals surface area contributed by atoms with Crippen molar-refractivity contribution in [1.82, 2.24) is 9.78 Å². The van der Waals surface area contributed by atoms with E-state index in [0.29, 0.717) is 22.9 Å². The number of hydrogen-bond acceptors (Lipinski definition) is 5. The molecule has 0 aliphatic rings. The first-order chi connectivity index (χ1) is 13.5. The Bertz CT molecular complexity index is 1030.